The molecule has 0 bridgehead atoms. The second kappa shape index (κ2) is 8.04. The van der Waals surface area contributed by atoms with Crippen LogP contribution in [0.2, 0.25) is 0 Å². The van der Waals surface area contributed by atoms with E-state index in [0.29, 0.717) is 12.2 Å². The monoisotopic (exact) mass is 317 g/mol. The maximum atomic E-state index is 12.5. The predicted octanol–water partition coefficient (Wildman–Crippen LogP) is 3.73. The van der Waals surface area contributed by atoms with Crippen LogP contribution >= 0.6 is 0 Å². The highest BCUT2D eigenvalue weighted by Crippen LogP contribution is 2.30. The molecule has 0 radical (unpaired) electrons. The number of allylic oxidation sites excluding steroid dienone is 1. The van der Waals surface area contributed by atoms with Crippen molar-refractivity contribution in [2.75, 3.05) is 7.11 Å². The number of ether oxygens (including phenoxy) is 1. The fraction of sp³-hybridized carbons (Fsp3) is 0.526. The molecule has 1 aromatic carbocycles. The van der Waals surface area contributed by atoms with Crippen molar-refractivity contribution in [3.63, 3.8) is 0 Å². The number of methoxy groups -OCH3 is 1. The summed E-state index contributed by atoms with van der Waals surface area (Å²) in [5, 5.41) is 12.9. The number of aromatic hydroxyl groups is 1. The van der Waals surface area contributed by atoms with Crippen LogP contribution in [-0.2, 0) is 11.2 Å². The molecule has 0 heterocycles. The number of hydrogen-bond acceptors (Lipinski definition) is 3. The summed E-state index contributed by atoms with van der Waals surface area (Å²) in [6, 6.07) is 5.04. The molecule has 4 nitrogen and oxygen atoms in total. The summed E-state index contributed by atoms with van der Waals surface area (Å²) in [5.74, 6) is 0.522. The molecular formula is C19H27NO3. The van der Waals surface area contributed by atoms with Gasteiger partial charge in [0.2, 0.25) is 5.91 Å². The lowest BCUT2D eigenvalue weighted by Gasteiger charge is -2.36. The molecule has 0 saturated carbocycles. The topological polar surface area (TPSA) is 58.6 Å². The first-order valence-corrected chi connectivity index (χ1v) is 8.40. The first-order valence-electron chi connectivity index (χ1n) is 8.40. The van der Waals surface area contributed by atoms with Crippen LogP contribution < -0.4 is 10.1 Å². The maximum Gasteiger partial charge on any atom is 0.224 e. The fourth-order valence-electron chi connectivity index (χ4n) is 3.16. The summed E-state index contributed by atoms with van der Waals surface area (Å²) in [6.45, 7) is 2.18. The van der Waals surface area contributed by atoms with Crippen LogP contribution in [0.25, 0.3) is 0 Å². The molecule has 0 spiro atoms. The van der Waals surface area contributed by atoms with Gasteiger partial charge in [-0.1, -0.05) is 38.0 Å². The van der Waals surface area contributed by atoms with Gasteiger partial charge < -0.3 is 15.2 Å². The van der Waals surface area contributed by atoms with Crippen LogP contribution in [0.3, 0.4) is 0 Å². The molecule has 1 aliphatic carbocycles. The van der Waals surface area contributed by atoms with Crippen molar-refractivity contribution in [1.82, 2.24) is 5.32 Å². The molecule has 1 amide bonds. The average molecular weight is 317 g/mol. The van der Waals surface area contributed by atoms with Crippen LogP contribution in [0.1, 0.15) is 51.0 Å². The van der Waals surface area contributed by atoms with Crippen molar-refractivity contribution < 1.29 is 14.6 Å². The van der Waals surface area contributed by atoms with Crippen molar-refractivity contribution in [3.05, 3.63) is 35.9 Å². The lowest BCUT2D eigenvalue weighted by Crippen LogP contribution is -2.49. The first kappa shape index (κ1) is 17.4. The van der Waals surface area contributed by atoms with Crippen molar-refractivity contribution in [2.24, 2.45) is 0 Å². The highest BCUT2D eigenvalue weighted by atomic mass is 16.5. The Kier molecular flexibility index (Phi) is 6.08. The van der Waals surface area contributed by atoms with Gasteiger partial charge in [0.15, 0.2) is 11.5 Å². The molecule has 2 rings (SSSR count). The van der Waals surface area contributed by atoms with Crippen molar-refractivity contribution in [1.29, 1.82) is 0 Å². The Bertz CT molecular complexity index is 568. The number of carbonyl (C=O) groups is 1. The van der Waals surface area contributed by atoms with Crippen LogP contribution in [0.4, 0.5) is 0 Å². The van der Waals surface area contributed by atoms with E-state index in [0.717, 1.165) is 44.1 Å². The van der Waals surface area contributed by atoms with Crippen LogP contribution in [0.15, 0.2) is 30.4 Å². The van der Waals surface area contributed by atoms with E-state index in [1.807, 2.05) is 0 Å². The Balaban J connectivity index is 2.03. The quantitative estimate of drug-likeness (QED) is 0.753. The standard InChI is InChI=1S/C19H27NO3/c1-3-4-10-19(11-6-5-7-12-19)20-18(22)14-15-8-9-16(21)17(13-15)23-2/h5-6,8-9,13,21H,3-4,7,10-12,14H2,1-2H3,(H,20,22). The summed E-state index contributed by atoms with van der Waals surface area (Å²) in [5.41, 5.74) is 0.747. The second-order valence-corrected chi connectivity index (χ2v) is 6.33. The third-order valence-electron chi connectivity index (χ3n) is 4.49. The number of phenolic OH excluding ortho intramolecular Hbond substituents is 1. The molecule has 0 saturated heterocycles. The van der Waals surface area contributed by atoms with Crippen molar-refractivity contribution >= 4 is 5.91 Å². The normalized spacial score (nSPS) is 20.3. The number of rotatable bonds is 7. The minimum absolute atomic E-state index is 0.0316. The molecule has 2 N–H and O–H groups in total. The number of carbonyl (C=O) groups excluding carboxylic acids is 1. The van der Waals surface area contributed by atoms with Gasteiger partial charge in [0.25, 0.3) is 0 Å². The molecule has 126 valence electrons. The van der Waals surface area contributed by atoms with Crippen LogP contribution in [-0.4, -0.2) is 23.7 Å². The largest absolute Gasteiger partial charge is 0.504 e. The summed E-state index contributed by atoms with van der Waals surface area (Å²) < 4.78 is 5.10. The van der Waals surface area contributed by atoms with Gasteiger partial charge >= 0.3 is 0 Å². The number of unbranched alkanes of at least 4 members (excludes halogenated alkanes) is 1. The summed E-state index contributed by atoms with van der Waals surface area (Å²) >= 11 is 0. The number of phenols is 1. The molecule has 1 aliphatic rings. The van der Waals surface area contributed by atoms with Gasteiger partial charge in [0.1, 0.15) is 0 Å². The minimum Gasteiger partial charge on any atom is -0.504 e. The van der Waals surface area contributed by atoms with Crippen LogP contribution in [0, 0.1) is 0 Å². The van der Waals surface area contributed by atoms with Gasteiger partial charge in [-0.05, 0) is 43.4 Å². The molecule has 0 aliphatic heterocycles. The zero-order valence-electron chi connectivity index (χ0n) is 14.1. The molecular weight excluding hydrogens is 290 g/mol. The molecule has 0 fully saturated rings. The average Bonchev–Trinajstić information content (AvgIpc) is 2.55. The van der Waals surface area contributed by atoms with Crippen LogP contribution in [0.5, 0.6) is 11.5 Å². The van der Waals surface area contributed by atoms with Crippen molar-refractivity contribution in [3.8, 4) is 11.5 Å². The number of nitrogens with one attached hydrogen (secondary N) is 1. The van der Waals surface area contributed by atoms with E-state index < -0.39 is 0 Å². The Morgan fingerprint density at radius 3 is 2.87 bits per heavy atom. The molecule has 1 aromatic rings. The van der Waals surface area contributed by atoms with E-state index in [4.69, 9.17) is 4.74 Å². The lowest BCUT2D eigenvalue weighted by atomic mass is 9.81. The number of amides is 1. The van der Waals surface area contributed by atoms with Gasteiger partial charge in [0, 0.05) is 5.54 Å². The first-order chi connectivity index (χ1) is 11.1. The summed E-state index contributed by atoms with van der Waals surface area (Å²) in [7, 11) is 1.51. The summed E-state index contributed by atoms with van der Waals surface area (Å²) in [4.78, 5) is 12.5. The van der Waals surface area contributed by atoms with Gasteiger partial charge in [-0.25, -0.2) is 0 Å². The maximum absolute atomic E-state index is 12.5. The third-order valence-corrected chi connectivity index (χ3v) is 4.49. The minimum atomic E-state index is -0.0944. The predicted molar refractivity (Wildman–Crippen MR) is 91.8 cm³/mol. The molecule has 1 unspecified atom stereocenters. The zero-order chi connectivity index (χ0) is 16.7. The number of hydrogen-bond donors (Lipinski definition) is 2. The van der Waals surface area contributed by atoms with Gasteiger partial charge in [-0.3, -0.25) is 4.79 Å². The molecule has 23 heavy (non-hydrogen) atoms. The third kappa shape index (κ3) is 4.75. The van der Waals surface area contributed by atoms with E-state index >= 15 is 0 Å². The molecule has 0 aromatic heterocycles. The number of benzene rings is 1. The van der Waals surface area contributed by atoms with Gasteiger partial charge in [0.05, 0.1) is 13.5 Å². The summed E-state index contributed by atoms with van der Waals surface area (Å²) in [6.07, 6.45) is 10.9. The van der Waals surface area contributed by atoms with E-state index in [1.165, 1.54) is 7.11 Å². The zero-order valence-corrected chi connectivity index (χ0v) is 14.1. The Morgan fingerprint density at radius 2 is 2.22 bits per heavy atom. The SMILES string of the molecule is CCCCC1(NC(=O)Cc2ccc(O)c(OC)c2)CC=CCC1. The Morgan fingerprint density at radius 1 is 1.39 bits per heavy atom. The van der Waals surface area contributed by atoms with E-state index in [-0.39, 0.29) is 17.2 Å². The van der Waals surface area contributed by atoms with E-state index in [9.17, 15) is 9.90 Å². The molecule has 4 heteroatoms. The highest BCUT2D eigenvalue weighted by molar-refractivity contribution is 5.79. The Labute approximate surface area is 138 Å². The lowest BCUT2D eigenvalue weighted by molar-refractivity contribution is -0.122. The van der Waals surface area contributed by atoms with Gasteiger partial charge in [-0.15, -0.1) is 0 Å². The van der Waals surface area contributed by atoms with E-state index in [1.54, 1.807) is 18.2 Å². The highest BCUT2D eigenvalue weighted by Gasteiger charge is 2.31. The fourth-order valence-corrected chi connectivity index (χ4v) is 3.16. The molecule has 1 atom stereocenters. The second-order valence-electron chi connectivity index (χ2n) is 6.33. The van der Waals surface area contributed by atoms with Gasteiger partial charge in [-0.2, -0.15) is 0 Å². The van der Waals surface area contributed by atoms with Crippen molar-refractivity contribution in [2.45, 2.75) is 57.4 Å². The Hall–Kier alpha value is -1.97. The van der Waals surface area contributed by atoms with E-state index in [2.05, 4.69) is 24.4 Å². The smallest absolute Gasteiger partial charge is 0.224 e.